The normalized spacial score (nSPS) is 15.8. The van der Waals surface area contributed by atoms with Gasteiger partial charge < -0.3 is 9.47 Å². The number of aryl methyl sites for hydroxylation is 1. The van der Waals surface area contributed by atoms with Crippen LogP contribution < -0.4 is 0 Å². The fourth-order valence-electron chi connectivity index (χ4n) is 4.37. The smallest absolute Gasteiger partial charge is 0.254 e. The predicted molar refractivity (Wildman–Crippen MR) is 118 cm³/mol. The molecule has 0 saturated heterocycles. The van der Waals surface area contributed by atoms with E-state index in [-0.39, 0.29) is 17.8 Å². The van der Waals surface area contributed by atoms with Gasteiger partial charge in [0.15, 0.2) is 0 Å². The van der Waals surface area contributed by atoms with Crippen LogP contribution in [0.1, 0.15) is 65.8 Å². The molecule has 4 rings (SSSR count). The molecular formula is C26H29FN2O. The van der Waals surface area contributed by atoms with E-state index >= 15 is 0 Å². The molecule has 30 heavy (non-hydrogen) atoms. The van der Waals surface area contributed by atoms with E-state index in [1.165, 1.54) is 43.4 Å². The minimum atomic E-state index is -0.286. The SMILES string of the molecule is CCCCCCc1ccc(C(=O)N2CCn3cccc3C2c2cccc(F)c2)cc1. The second-order valence-electron chi connectivity index (χ2n) is 8.09. The van der Waals surface area contributed by atoms with Crippen molar-refractivity contribution in [2.24, 2.45) is 0 Å². The van der Waals surface area contributed by atoms with Crippen molar-refractivity contribution >= 4 is 5.91 Å². The molecular weight excluding hydrogens is 375 g/mol. The van der Waals surface area contributed by atoms with Crippen LogP contribution in [0.5, 0.6) is 0 Å². The lowest BCUT2D eigenvalue weighted by Gasteiger charge is -2.37. The Kier molecular flexibility index (Phi) is 6.32. The van der Waals surface area contributed by atoms with Crippen molar-refractivity contribution in [1.82, 2.24) is 9.47 Å². The van der Waals surface area contributed by atoms with Crippen molar-refractivity contribution in [1.29, 1.82) is 0 Å². The average Bonchev–Trinajstić information content (AvgIpc) is 3.25. The highest BCUT2D eigenvalue weighted by atomic mass is 19.1. The highest BCUT2D eigenvalue weighted by Gasteiger charge is 2.32. The maximum Gasteiger partial charge on any atom is 0.254 e. The molecule has 1 aromatic heterocycles. The maximum absolute atomic E-state index is 14.0. The lowest BCUT2D eigenvalue weighted by Crippen LogP contribution is -2.42. The van der Waals surface area contributed by atoms with Crippen molar-refractivity contribution < 1.29 is 9.18 Å². The number of amides is 1. The molecule has 1 aliphatic rings. The van der Waals surface area contributed by atoms with Gasteiger partial charge in [-0.15, -0.1) is 0 Å². The van der Waals surface area contributed by atoms with E-state index in [4.69, 9.17) is 0 Å². The van der Waals surface area contributed by atoms with Crippen LogP contribution in [-0.4, -0.2) is 21.9 Å². The molecule has 1 amide bonds. The van der Waals surface area contributed by atoms with Crippen molar-refractivity contribution in [3.63, 3.8) is 0 Å². The molecule has 2 aromatic carbocycles. The van der Waals surface area contributed by atoms with E-state index in [9.17, 15) is 9.18 Å². The highest BCUT2D eigenvalue weighted by molar-refractivity contribution is 5.94. The standard InChI is InChI=1S/C26H29FN2O/c1-2-3-4-5-8-20-12-14-21(15-13-20)26(30)29-18-17-28-16-7-11-24(28)25(29)22-9-6-10-23(27)19-22/h6-7,9-16,19,25H,2-5,8,17-18H2,1H3. The van der Waals surface area contributed by atoms with Gasteiger partial charge in [-0.1, -0.05) is 50.5 Å². The van der Waals surface area contributed by atoms with Gasteiger partial charge in [0.25, 0.3) is 5.91 Å². The summed E-state index contributed by atoms with van der Waals surface area (Å²) in [4.78, 5) is 15.3. The van der Waals surface area contributed by atoms with Gasteiger partial charge in [-0.25, -0.2) is 4.39 Å². The molecule has 0 fully saturated rings. The zero-order valence-electron chi connectivity index (χ0n) is 17.6. The molecule has 0 spiro atoms. The minimum absolute atomic E-state index is 0.00533. The first kappa shape index (κ1) is 20.4. The minimum Gasteiger partial charge on any atom is -0.348 e. The van der Waals surface area contributed by atoms with E-state index in [2.05, 4.69) is 23.6 Å². The first-order valence-electron chi connectivity index (χ1n) is 11.0. The molecule has 0 aliphatic carbocycles. The molecule has 156 valence electrons. The van der Waals surface area contributed by atoms with Crippen LogP contribution in [0.25, 0.3) is 0 Å². The largest absolute Gasteiger partial charge is 0.348 e. The van der Waals surface area contributed by atoms with Gasteiger partial charge in [-0.3, -0.25) is 4.79 Å². The van der Waals surface area contributed by atoms with E-state index in [0.717, 1.165) is 24.2 Å². The number of aromatic nitrogens is 1. The molecule has 0 saturated carbocycles. The second kappa shape index (κ2) is 9.29. The number of carbonyl (C=O) groups is 1. The van der Waals surface area contributed by atoms with E-state index in [1.54, 1.807) is 6.07 Å². The van der Waals surface area contributed by atoms with E-state index in [0.29, 0.717) is 12.1 Å². The fraction of sp³-hybridized carbons (Fsp3) is 0.346. The summed E-state index contributed by atoms with van der Waals surface area (Å²) in [6.07, 6.45) is 8.02. The van der Waals surface area contributed by atoms with Crippen molar-refractivity contribution in [2.75, 3.05) is 6.54 Å². The summed E-state index contributed by atoms with van der Waals surface area (Å²) in [5.41, 5.74) is 3.79. The van der Waals surface area contributed by atoms with Gasteiger partial charge in [0.05, 0.1) is 6.04 Å². The summed E-state index contributed by atoms with van der Waals surface area (Å²) < 4.78 is 16.1. The third-order valence-electron chi connectivity index (χ3n) is 5.98. The summed E-state index contributed by atoms with van der Waals surface area (Å²) in [5, 5.41) is 0. The maximum atomic E-state index is 14.0. The topological polar surface area (TPSA) is 25.2 Å². The number of nitrogens with zero attached hydrogens (tertiary/aromatic N) is 2. The van der Waals surface area contributed by atoms with Gasteiger partial charge in [-0.2, -0.15) is 0 Å². The van der Waals surface area contributed by atoms with Crippen LogP contribution in [0.3, 0.4) is 0 Å². The lowest BCUT2D eigenvalue weighted by molar-refractivity contribution is 0.0663. The Hall–Kier alpha value is -2.88. The predicted octanol–water partition coefficient (Wildman–Crippen LogP) is 6.00. The molecule has 0 bridgehead atoms. The van der Waals surface area contributed by atoms with Crippen LogP contribution in [0, 0.1) is 5.82 Å². The summed E-state index contributed by atoms with van der Waals surface area (Å²) in [6.45, 7) is 3.56. The molecule has 3 nitrogen and oxygen atoms in total. The van der Waals surface area contributed by atoms with Crippen molar-refractivity contribution in [3.05, 3.63) is 95.1 Å². The molecule has 0 N–H and O–H groups in total. The number of hydrogen-bond acceptors (Lipinski definition) is 1. The second-order valence-corrected chi connectivity index (χ2v) is 8.09. The average molecular weight is 405 g/mol. The van der Waals surface area contributed by atoms with Crippen LogP contribution in [0.4, 0.5) is 4.39 Å². The first-order valence-corrected chi connectivity index (χ1v) is 11.0. The fourth-order valence-corrected chi connectivity index (χ4v) is 4.37. The molecule has 4 heteroatoms. The van der Waals surface area contributed by atoms with Crippen molar-refractivity contribution in [3.8, 4) is 0 Å². The van der Waals surface area contributed by atoms with Gasteiger partial charge in [0, 0.05) is 30.5 Å². The first-order chi connectivity index (χ1) is 14.7. The molecule has 0 radical (unpaired) electrons. The number of fused-ring (bicyclic) bond motifs is 1. The number of carbonyl (C=O) groups excluding carboxylic acids is 1. The van der Waals surface area contributed by atoms with Gasteiger partial charge in [0.1, 0.15) is 5.82 Å². The van der Waals surface area contributed by atoms with Crippen LogP contribution in [-0.2, 0) is 13.0 Å². The Balaban J connectivity index is 1.56. The number of benzene rings is 2. The summed E-state index contributed by atoms with van der Waals surface area (Å²) in [5.74, 6) is -0.287. The van der Waals surface area contributed by atoms with Gasteiger partial charge >= 0.3 is 0 Å². The number of hydrogen-bond donors (Lipinski definition) is 0. The van der Waals surface area contributed by atoms with Gasteiger partial charge in [0.2, 0.25) is 0 Å². The quantitative estimate of drug-likeness (QED) is 0.444. The molecule has 1 aliphatic heterocycles. The lowest BCUT2D eigenvalue weighted by atomic mass is 9.98. The Labute approximate surface area is 178 Å². The van der Waals surface area contributed by atoms with E-state index in [1.807, 2.05) is 41.4 Å². The number of rotatable bonds is 7. The van der Waals surface area contributed by atoms with E-state index < -0.39 is 0 Å². The Morgan fingerprint density at radius 2 is 1.83 bits per heavy atom. The molecule has 3 aromatic rings. The summed E-state index contributed by atoms with van der Waals surface area (Å²) >= 11 is 0. The molecule has 1 unspecified atom stereocenters. The van der Waals surface area contributed by atoms with Gasteiger partial charge in [-0.05, 0) is 60.4 Å². The van der Waals surface area contributed by atoms with Crippen LogP contribution >= 0.6 is 0 Å². The zero-order valence-corrected chi connectivity index (χ0v) is 17.6. The monoisotopic (exact) mass is 404 g/mol. The Bertz CT molecular complexity index is 992. The van der Waals surface area contributed by atoms with Crippen LogP contribution in [0.2, 0.25) is 0 Å². The third-order valence-corrected chi connectivity index (χ3v) is 5.98. The molecule has 2 heterocycles. The molecule has 1 atom stereocenters. The number of halogens is 1. The zero-order chi connectivity index (χ0) is 20.9. The van der Waals surface area contributed by atoms with Crippen molar-refractivity contribution in [2.45, 2.75) is 51.6 Å². The Morgan fingerprint density at radius 1 is 1.00 bits per heavy atom. The number of unbranched alkanes of at least 4 members (excludes halogenated alkanes) is 3. The van der Waals surface area contributed by atoms with Crippen LogP contribution in [0.15, 0.2) is 66.9 Å². The highest BCUT2D eigenvalue weighted by Crippen LogP contribution is 2.33. The Morgan fingerprint density at radius 3 is 2.60 bits per heavy atom. The summed E-state index contributed by atoms with van der Waals surface area (Å²) in [7, 11) is 0. The third kappa shape index (κ3) is 4.33. The summed E-state index contributed by atoms with van der Waals surface area (Å²) in [6, 6.07) is 18.3.